The quantitative estimate of drug-likeness (QED) is 0.842. The number of hydrogen-bond donors (Lipinski definition) is 2. The fourth-order valence-corrected chi connectivity index (χ4v) is 1.52. The van der Waals surface area contributed by atoms with Crippen LogP contribution in [-0.4, -0.2) is 31.5 Å². The summed E-state index contributed by atoms with van der Waals surface area (Å²) in [5.74, 6) is -3.09. The van der Waals surface area contributed by atoms with Crippen molar-refractivity contribution in [3.8, 4) is 5.75 Å². The van der Waals surface area contributed by atoms with Crippen molar-refractivity contribution in [2.75, 3.05) is 19.7 Å². The number of amides is 1. The summed E-state index contributed by atoms with van der Waals surface area (Å²) in [4.78, 5) is 11.4. The van der Waals surface area contributed by atoms with Gasteiger partial charge in [0.05, 0.1) is 13.1 Å². The number of nitrogens with two attached hydrogens (primary N) is 1. The van der Waals surface area contributed by atoms with Gasteiger partial charge in [0.1, 0.15) is 5.75 Å². The molecule has 0 aliphatic rings. The van der Waals surface area contributed by atoms with Gasteiger partial charge in [0.25, 0.3) is 11.8 Å². The number of alkyl halides is 2. The van der Waals surface area contributed by atoms with Gasteiger partial charge in [0, 0.05) is 0 Å². The van der Waals surface area contributed by atoms with Crippen LogP contribution in [0.3, 0.4) is 0 Å². The largest absolute Gasteiger partial charge is 0.483 e. The van der Waals surface area contributed by atoms with Crippen molar-refractivity contribution in [2.45, 2.75) is 19.8 Å². The minimum atomic E-state index is -3.09. The van der Waals surface area contributed by atoms with Crippen LogP contribution in [0.1, 0.15) is 11.1 Å². The highest BCUT2D eigenvalue weighted by atomic mass is 35.5. The van der Waals surface area contributed by atoms with Crippen molar-refractivity contribution in [3.05, 3.63) is 29.3 Å². The highest BCUT2D eigenvalue weighted by Crippen LogP contribution is 2.22. The lowest BCUT2D eigenvalue weighted by atomic mass is 10.1. The maximum absolute atomic E-state index is 12.8. The molecule has 0 spiro atoms. The number of carbonyl (C=O) groups excluding carboxylic acids is 1. The molecule has 0 heterocycles. The van der Waals surface area contributed by atoms with E-state index >= 15 is 0 Å². The molecule has 0 aliphatic heterocycles. The van der Waals surface area contributed by atoms with Crippen molar-refractivity contribution < 1.29 is 18.3 Å². The lowest BCUT2D eigenvalue weighted by Crippen LogP contribution is -2.43. The van der Waals surface area contributed by atoms with E-state index in [0.717, 1.165) is 11.1 Å². The van der Waals surface area contributed by atoms with E-state index in [2.05, 4.69) is 5.32 Å². The minimum Gasteiger partial charge on any atom is -0.483 e. The first kappa shape index (κ1) is 18.6. The van der Waals surface area contributed by atoms with Crippen molar-refractivity contribution in [3.63, 3.8) is 0 Å². The van der Waals surface area contributed by atoms with E-state index in [1.807, 2.05) is 32.0 Å². The van der Waals surface area contributed by atoms with Crippen LogP contribution < -0.4 is 15.8 Å². The van der Waals surface area contributed by atoms with Crippen molar-refractivity contribution in [1.29, 1.82) is 0 Å². The molecular formula is C13H19ClF2N2O2. The van der Waals surface area contributed by atoms with Crippen LogP contribution >= 0.6 is 12.4 Å². The number of halogens is 3. The number of para-hydroxylation sites is 1. The Bertz CT molecular complexity index is 436. The van der Waals surface area contributed by atoms with E-state index in [-0.39, 0.29) is 19.0 Å². The van der Waals surface area contributed by atoms with Crippen molar-refractivity contribution in [2.24, 2.45) is 5.73 Å². The first-order valence-corrected chi connectivity index (χ1v) is 5.89. The number of hydrogen-bond acceptors (Lipinski definition) is 3. The predicted octanol–water partition coefficient (Wildman–Crippen LogP) is 1.81. The lowest BCUT2D eigenvalue weighted by Gasteiger charge is -2.15. The lowest BCUT2D eigenvalue weighted by molar-refractivity contribution is -0.124. The van der Waals surface area contributed by atoms with Crippen LogP contribution in [0.15, 0.2) is 18.2 Å². The monoisotopic (exact) mass is 308 g/mol. The molecule has 3 N–H and O–H groups in total. The second-order valence-corrected chi connectivity index (χ2v) is 4.35. The summed E-state index contributed by atoms with van der Waals surface area (Å²) in [6, 6.07) is 5.57. The summed E-state index contributed by atoms with van der Waals surface area (Å²) in [6.07, 6.45) is 0. The zero-order valence-electron chi connectivity index (χ0n) is 11.4. The topological polar surface area (TPSA) is 64.3 Å². The molecule has 0 atom stereocenters. The van der Waals surface area contributed by atoms with Gasteiger partial charge in [-0.05, 0) is 25.0 Å². The Balaban J connectivity index is 0.00000361. The smallest absolute Gasteiger partial charge is 0.277 e. The molecule has 7 heteroatoms. The first-order valence-electron chi connectivity index (χ1n) is 5.89. The standard InChI is InChI=1S/C13H18F2N2O2.ClH/c1-9-4-3-5-10(2)12(9)19-6-11(18)17-8-13(14,15)7-16;/h3-5H,6-8,16H2,1-2H3,(H,17,18);1H. The van der Waals surface area contributed by atoms with Gasteiger partial charge in [-0.3, -0.25) is 4.79 Å². The molecule has 0 saturated carbocycles. The number of carbonyl (C=O) groups is 1. The van der Waals surface area contributed by atoms with E-state index in [0.29, 0.717) is 5.75 Å². The Hall–Kier alpha value is -1.40. The summed E-state index contributed by atoms with van der Waals surface area (Å²) in [6.45, 7) is 1.82. The number of aryl methyl sites for hydroxylation is 2. The molecule has 1 aromatic carbocycles. The van der Waals surface area contributed by atoms with Gasteiger partial charge in [0.2, 0.25) is 0 Å². The predicted molar refractivity (Wildman–Crippen MR) is 75.7 cm³/mol. The highest BCUT2D eigenvalue weighted by molar-refractivity contribution is 5.85. The van der Waals surface area contributed by atoms with Gasteiger partial charge >= 0.3 is 0 Å². The molecule has 0 aliphatic carbocycles. The SMILES string of the molecule is Cc1cccc(C)c1OCC(=O)NCC(F)(F)CN.Cl. The van der Waals surface area contributed by atoms with Crippen LogP contribution in [0.4, 0.5) is 8.78 Å². The molecule has 114 valence electrons. The molecule has 0 unspecified atom stereocenters. The van der Waals surface area contributed by atoms with Gasteiger partial charge in [-0.15, -0.1) is 12.4 Å². The summed E-state index contributed by atoms with van der Waals surface area (Å²) in [5, 5.41) is 2.09. The molecule has 1 amide bonds. The Labute approximate surface area is 123 Å². The van der Waals surface area contributed by atoms with E-state index < -0.39 is 24.9 Å². The number of rotatable bonds is 6. The van der Waals surface area contributed by atoms with Gasteiger partial charge in [-0.1, -0.05) is 18.2 Å². The van der Waals surface area contributed by atoms with Gasteiger partial charge in [-0.25, -0.2) is 8.78 Å². The Morgan fingerprint density at radius 2 is 1.90 bits per heavy atom. The van der Waals surface area contributed by atoms with Crippen LogP contribution in [0.25, 0.3) is 0 Å². The van der Waals surface area contributed by atoms with Gasteiger partial charge in [0.15, 0.2) is 6.61 Å². The third-order valence-electron chi connectivity index (χ3n) is 2.60. The normalized spacial score (nSPS) is 10.7. The van der Waals surface area contributed by atoms with Crippen LogP contribution in [-0.2, 0) is 4.79 Å². The second-order valence-electron chi connectivity index (χ2n) is 4.35. The van der Waals surface area contributed by atoms with Crippen LogP contribution in [0.2, 0.25) is 0 Å². The molecule has 0 aromatic heterocycles. The molecule has 1 aromatic rings. The average Bonchev–Trinajstić information content (AvgIpc) is 2.36. The number of nitrogens with one attached hydrogen (secondary N) is 1. The zero-order valence-corrected chi connectivity index (χ0v) is 12.2. The maximum atomic E-state index is 12.8. The highest BCUT2D eigenvalue weighted by Gasteiger charge is 2.27. The average molecular weight is 309 g/mol. The van der Waals surface area contributed by atoms with Crippen molar-refractivity contribution in [1.82, 2.24) is 5.32 Å². The molecule has 0 saturated heterocycles. The minimum absolute atomic E-state index is 0. The third kappa shape index (κ3) is 5.71. The molecule has 0 radical (unpaired) electrons. The van der Waals surface area contributed by atoms with Crippen molar-refractivity contribution >= 4 is 18.3 Å². The van der Waals surface area contributed by atoms with Crippen LogP contribution in [0, 0.1) is 13.8 Å². The number of ether oxygens (including phenoxy) is 1. The van der Waals surface area contributed by atoms with E-state index in [4.69, 9.17) is 10.5 Å². The molecular weight excluding hydrogens is 290 g/mol. The third-order valence-corrected chi connectivity index (χ3v) is 2.60. The maximum Gasteiger partial charge on any atom is 0.277 e. The van der Waals surface area contributed by atoms with Gasteiger partial charge < -0.3 is 15.8 Å². The van der Waals surface area contributed by atoms with Gasteiger partial charge in [-0.2, -0.15) is 0 Å². The fourth-order valence-electron chi connectivity index (χ4n) is 1.52. The van der Waals surface area contributed by atoms with E-state index in [9.17, 15) is 13.6 Å². The molecule has 1 rings (SSSR count). The summed E-state index contributed by atoms with van der Waals surface area (Å²) >= 11 is 0. The fraction of sp³-hybridized carbons (Fsp3) is 0.462. The van der Waals surface area contributed by atoms with E-state index in [1.165, 1.54) is 0 Å². The number of benzene rings is 1. The molecule has 0 fully saturated rings. The Morgan fingerprint density at radius 1 is 1.35 bits per heavy atom. The molecule has 4 nitrogen and oxygen atoms in total. The molecule has 0 bridgehead atoms. The van der Waals surface area contributed by atoms with E-state index in [1.54, 1.807) is 0 Å². The summed E-state index contributed by atoms with van der Waals surface area (Å²) in [7, 11) is 0. The Kier molecular flexibility index (Phi) is 7.45. The Morgan fingerprint density at radius 3 is 2.40 bits per heavy atom. The second kappa shape index (κ2) is 8.01. The summed E-state index contributed by atoms with van der Waals surface area (Å²) < 4.78 is 31.0. The summed E-state index contributed by atoms with van der Waals surface area (Å²) in [5.41, 5.74) is 6.64. The first-order chi connectivity index (χ1) is 8.85. The zero-order chi connectivity index (χ0) is 14.5. The van der Waals surface area contributed by atoms with Crippen LogP contribution in [0.5, 0.6) is 5.75 Å². The molecule has 20 heavy (non-hydrogen) atoms.